The summed E-state index contributed by atoms with van der Waals surface area (Å²) in [6.07, 6.45) is -0.656. The quantitative estimate of drug-likeness (QED) is 0.592. The first-order valence-corrected chi connectivity index (χ1v) is 3.28. The molecule has 0 spiro atoms. The van der Waals surface area contributed by atoms with E-state index in [1.165, 1.54) is 0 Å². The third kappa shape index (κ3) is 3.05. The molecule has 0 radical (unpaired) electrons. The van der Waals surface area contributed by atoms with Crippen molar-refractivity contribution in [1.29, 1.82) is 0 Å². The van der Waals surface area contributed by atoms with Crippen molar-refractivity contribution in [2.45, 2.75) is 19.1 Å². The summed E-state index contributed by atoms with van der Waals surface area (Å²) >= 11 is 0. The molecule has 0 bridgehead atoms. The number of aliphatic carboxylic acids is 1. The second-order valence-corrected chi connectivity index (χ2v) is 2.47. The van der Waals surface area contributed by atoms with Crippen molar-refractivity contribution in [3.63, 3.8) is 0 Å². The molecule has 1 fully saturated rings. The van der Waals surface area contributed by atoms with E-state index in [4.69, 9.17) is 9.84 Å². The largest absolute Gasteiger partial charge is 0.479 e. The summed E-state index contributed by atoms with van der Waals surface area (Å²) in [5.74, 6) is -0.889. The lowest BCUT2D eigenvalue weighted by molar-refractivity contribution is -0.152. The second-order valence-electron chi connectivity index (χ2n) is 2.47. The van der Waals surface area contributed by atoms with Gasteiger partial charge in [0, 0.05) is 12.6 Å². The number of carboxylic acid groups (broad SMARTS) is 1. The lowest BCUT2D eigenvalue weighted by Crippen LogP contribution is -2.47. The molecule has 0 aromatic carbocycles. The molecule has 0 saturated carbocycles. The van der Waals surface area contributed by atoms with Crippen LogP contribution in [0.4, 0.5) is 0 Å². The Balaban J connectivity index is 0.000001000. The Labute approximate surface area is 71.3 Å². The predicted octanol–water partition coefficient (Wildman–Crippen LogP) is -0.130. The Morgan fingerprint density at radius 2 is 2.36 bits per heavy atom. The fourth-order valence-corrected chi connectivity index (χ4v) is 0.845. The third-order valence-corrected chi connectivity index (χ3v) is 1.47. The summed E-state index contributed by atoms with van der Waals surface area (Å²) in [7, 11) is 0. The highest BCUT2D eigenvalue weighted by Gasteiger charge is 2.23. The van der Waals surface area contributed by atoms with Gasteiger partial charge >= 0.3 is 5.97 Å². The average Bonchev–Trinajstić information content (AvgIpc) is 1.88. The van der Waals surface area contributed by atoms with Gasteiger partial charge in [0.15, 0.2) is 6.10 Å². The molecule has 0 aliphatic carbocycles. The van der Waals surface area contributed by atoms with Crippen molar-refractivity contribution >= 4 is 18.4 Å². The van der Waals surface area contributed by atoms with Gasteiger partial charge in [-0.3, -0.25) is 0 Å². The van der Waals surface area contributed by atoms with Crippen molar-refractivity contribution in [1.82, 2.24) is 5.32 Å². The zero-order valence-corrected chi connectivity index (χ0v) is 7.06. The van der Waals surface area contributed by atoms with E-state index >= 15 is 0 Å². The lowest BCUT2D eigenvalue weighted by atomic mass is 10.2. The van der Waals surface area contributed by atoms with E-state index in [1.54, 1.807) is 0 Å². The van der Waals surface area contributed by atoms with Gasteiger partial charge in [-0.15, -0.1) is 12.4 Å². The minimum Gasteiger partial charge on any atom is -0.479 e. The van der Waals surface area contributed by atoms with Crippen LogP contribution in [-0.4, -0.2) is 36.4 Å². The fourth-order valence-electron chi connectivity index (χ4n) is 0.845. The number of ether oxygens (including phenoxy) is 1. The van der Waals surface area contributed by atoms with Crippen LogP contribution in [0.1, 0.15) is 6.92 Å². The highest BCUT2D eigenvalue weighted by atomic mass is 35.5. The van der Waals surface area contributed by atoms with Gasteiger partial charge in [0.2, 0.25) is 0 Å². The van der Waals surface area contributed by atoms with Crippen molar-refractivity contribution in [3.05, 3.63) is 0 Å². The zero-order valence-electron chi connectivity index (χ0n) is 6.24. The molecule has 0 amide bonds. The minimum atomic E-state index is -0.889. The molecule has 5 heteroatoms. The Hall–Kier alpha value is -0.320. The van der Waals surface area contributed by atoms with Gasteiger partial charge in [-0.25, -0.2) is 4.79 Å². The lowest BCUT2D eigenvalue weighted by Gasteiger charge is -2.25. The van der Waals surface area contributed by atoms with Gasteiger partial charge in [0.05, 0.1) is 6.61 Å². The number of hydrogen-bond donors (Lipinski definition) is 2. The van der Waals surface area contributed by atoms with Crippen molar-refractivity contribution in [3.8, 4) is 0 Å². The van der Waals surface area contributed by atoms with Crippen LogP contribution in [0.25, 0.3) is 0 Å². The summed E-state index contributed by atoms with van der Waals surface area (Å²) < 4.78 is 4.99. The maximum Gasteiger partial charge on any atom is 0.334 e. The maximum atomic E-state index is 10.3. The SMILES string of the molecule is CC1CO[C@@H](C(=O)O)CN1.Cl. The standard InChI is InChI=1S/C6H11NO3.ClH/c1-4-3-10-5(2-7-4)6(8)9;/h4-5,7H,2-3H2,1H3,(H,8,9);1H/t4?,5-;/m1./s1. The highest BCUT2D eigenvalue weighted by molar-refractivity contribution is 5.85. The molecule has 1 heterocycles. The summed E-state index contributed by atoms with van der Waals surface area (Å²) in [6, 6.07) is 0.274. The van der Waals surface area contributed by atoms with Gasteiger partial charge in [0.1, 0.15) is 0 Å². The molecular formula is C6H12ClNO3. The number of carboxylic acids is 1. The Kier molecular flexibility index (Phi) is 4.40. The first-order valence-electron chi connectivity index (χ1n) is 3.28. The van der Waals surface area contributed by atoms with E-state index in [9.17, 15) is 4.79 Å². The normalized spacial score (nSPS) is 30.6. The molecule has 66 valence electrons. The zero-order chi connectivity index (χ0) is 7.56. The van der Waals surface area contributed by atoms with E-state index in [-0.39, 0.29) is 18.4 Å². The molecule has 1 aliphatic rings. The molecule has 1 aliphatic heterocycles. The van der Waals surface area contributed by atoms with Gasteiger partial charge in [0.25, 0.3) is 0 Å². The van der Waals surface area contributed by atoms with Crippen LogP contribution in [0.15, 0.2) is 0 Å². The minimum absolute atomic E-state index is 0. The number of carbonyl (C=O) groups is 1. The van der Waals surface area contributed by atoms with Crippen LogP contribution >= 0.6 is 12.4 Å². The van der Waals surface area contributed by atoms with E-state index in [0.29, 0.717) is 13.2 Å². The summed E-state index contributed by atoms with van der Waals surface area (Å²) in [5, 5.41) is 11.5. The monoisotopic (exact) mass is 181 g/mol. The number of rotatable bonds is 1. The van der Waals surface area contributed by atoms with E-state index in [1.807, 2.05) is 6.92 Å². The van der Waals surface area contributed by atoms with E-state index in [0.717, 1.165) is 0 Å². The Bertz CT molecular complexity index is 134. The summed E-state index contributed by atoms with van der Waals surface area (Å²) in [6.45, 7) is 2.85. The molecule has 1 saturated heterocycles. The highest BCUT2D eigenvalue weighted by Crippen LogP contribution is 1.99. The first kappa shape index (κ1) is 10.7. The van der Waals surface area contributed by atoms with Crippen LogP contribution in [0.2, 0.25) is 0 Å². The van der Waals surface area contributed by atoms with Crippen LogP contribution in [0.3, 0.4) is 0 Å². The number of hydrogen-bond acceptors (Lipinski definition) is 3. The second kappa shape index (κ2) is 4.54. The maximum absolute atomic E-state index is 10.3. The molecule has 1 unspecified atom stereocenters. The van der Waals surface area contributed by atoms with Crippen LogP contribution in [0, 0.1) is 0 Å². The molecule has 2 N–H and O–H groups in total. The van der Waals surface area contributed by atoms with Crippen molar-refractivity contribution in [2.75, 3.05) is 13.2 Å². The average molecular weight is 182 g/mol. The van der Waals surface area contributed by atoms with E-state index in [2.05, 4.69) is 5.32 Å². The summed E-state index contributed by atoms with van der Waals surface area (Å²) in [4.78, 5) is 10.3. The molecule has 0 aromatic rings. The fraction of sp³-hybridized carbons (Fsp3) is 0.833. The van der Waals surface area contributed by atoms with Crippen molar-refractivity contribution < 1.29 is 14.6 Å². The number of morpholine rings is 1. The predicted molar refractivity (Wildman–Crippen MR) is 42.1 cm³/mol. The van der Waals surface area contributed by atoms with Crippen LogP contribution in [0.5, 0.6) is 0 Å². The van der Waals surface area contributed by atoms with Crippen LogP contribution in [-0.2, 0) is 9.53 Å². The van der Waals surface area contributed by atoms with Gasteiger partial charge in [-0.2, -0.15) is 0 Å². The van der Waals surface area contributed by atoms with Gasteiger partial charge < -0.3 is 15.2 Å². The summed E-state index contributed by atoms with van der Waals surface area (Å²) in [5.41, 5.74) is 0. The Morgan fingerprint density at radius 1 is 1.73 bits per heavy atom. The molecule has 1 rings (SSSR count). The molecule has 2 atom stereocenters. The molecule has 4 nitrogen and oxygen atoms in total. The smallest absolute Gasteiger partial charge is 0.334 e. The first-order chi connectivity index (χ1) is 4.70. The number of nitrogens with one attached hydrogen (secondary N) is 1. The molecule has 11 heavy (non-hydrogen) atoms. The third-order valence-electron chi connectivity index (χ3n) is 1.47. The number of halogens is 1. The Morgan fingerprint density at radius 3 is 2.73 bits per heavy atom. The molecule has 0 aromatic heterocycles. The van der Waals surface area contributed by atoms with Gasteiger partial charge in [-0.1, -0.05) is 0 Å². The van der Waals surface area contributed by atoms with E-state index < -0.39 is 12.1 Å². The van der Waals surface area contributed by atoms with Crippen molar-refractivity contribution in [2.24, 2.45) is 0 Å². The molecular weight excluding hydrogens is 170 g/mol. The topological polar surface area (TPSA) is 58.6 Å². The van der Waals surface area contributed by atoms with Gasteiger partial charge in [-0.05, 0) is 6.92 Å². The van der Waals surface area contributed by atoms with Crippen LogP contribution < -0.4 is 5.32 Å².